The second kappa shape index (κ2) is 5.42. The number of amides is 1. The summed E-state index contributed by atoms with van der Waals surface area (Å²) in [5.41, 5.74) is 1.37. The lowest BCUT2D eigenvalue weighted by molar-refractivity contribution is -0.120. The highest BCUT2D eigenvalue weighted by Gasteiger charge is 2.43. The Morgan fingerprint density at radius 2 is 2.10 bits per heavy atom. The Hall–Kier alpha value is -1.40. The molecule has 0 spiro atoms. The average Bonchev–Trinajstić information content (AvgIpc) is 3.14. The van der Waals surface area contributed by atoms with E-state index in [9.17, 15) is 9.59 Å². The van der Waals surface area contributed by atoms with Gasteiger partial charge in [-0.25, -0.2) is 4.79 Å². The van der Waals surface area contributed by atoms with E-state index in [0.717, 1.165) is 23.3 Å². The minimum absolute atomic E-state index is 0.0111. The maximum absolute atomic E-state index is 12.5. The fraction of sp³-hybridized carbons (Fsp3) is 0.600. The van der Waals surface area contributed by atoms with Crippen LogP contribution in [0.5, 0.6) is 0 Å². The van der Waals surface area contributed by atoms with Gasteiger partial charge >= 0.3 is 5.97 Å². The number of anilines is 1. The molecule has 0 aromatic carbocycles. The molecule has 6 heteroatoms. The summed E-state index contributed by atoms with van der Waals surface area (Å²) in [5.74, 6) is -0.365. The monoisotopic (exact) mass is 308 g/mol. The standard InChI is InChI=1S/C15H20N2O3S/c1-7-8(2)21-14(12(7)15(19)20-3)17-13(18)10-6-9-4-5-11(10)16-9/h9-11,16H,4-6H2,1-3H3,(H,17,18). The molecule has 2 bridgehead atoms. The van der Waals surface area contributed by atoms with Crippen LogP contribution in [-0.4, -0.2) is 31.1 Å². The van der Waals surface area contributed by atoms with Gasteiger partial charge in [0, 0.05) is 17.0 Å². The van der Waals surface area contributed by atoms with Crippen molar-refractivity contribution in [3.05, 3.63) is 16.0 Å². The van der Waals surface area contributed by atoms with Gasteiger partial charge in [0.25, 0.3) is 0 Å². The third-order valence-corrected chi connectivity index (χ3v) is 5.77. The van der Waals surface area contributed by atoms with Crippen LogP contribution >= 0.6 is 11.3 Å². The number of nitrogens with one attached hydrogen (secondary N) is 2. The van der Waals surface area contributed by atoms with Gasteiger partial charge in [0.2, 0.25) is 5.91 Å². The maximum Gasteiger partial charge on any atom is 0.341 e. The Kier molecular flexibility index (Phi) is 3.75. The lowest BCUT2D eigenvalue weighted by Crippen LogP contribution is -2.33. The number of carbonyl (C=O) groups excluding carboxylic acids is 2. The number of rotatable bonds is 3. The summed E-state index contributed by atoms with van der Waals surface area (Å²) < 4.78 is 4.83. The third-order valence-electron chi connectivity index (χ3n) is 4.65. The van der Waals surface area contributed by atoms with Crippen LogP contribution in [0.25, 0.3) is 0 Å². The van der Waals surface area contributed by atoms with Gasteiger partial charge < -0.3 is 15.4 Å². The van der Waals surface area contributed by atoms with Gasteiger partial charge in [-0.05, 0) is 38.7 Å². The lowest BCUT2D eigenvalue weighted by atomic mass is 9.88. The normalized spacial score (nSPS) is 26.9. The van der Waals surface area contributed by atoms with Crippen LogP contribution in [0.1, 0.15) is 40.1 Å². The van der Waals surface area contributed by atoms with Crippen molar-refractivity contribution in [2.45, 2.75) is 45.2 Å². The SMILES string of the molecule is COC(=O)c1c(NC(=O)C2CC3CCC2N3)sc(C)c1C. The Balaban J connectivity index is 1.80. The molecule has 3 heterocycles. The van der Waals surface area contributed by atoms with Gasteiger partial charge in [0.1, 0.15) is 5.00 Å². The summed E-state index contributed by atoms with van der Waals surface area (Å²) in [7, 11) is 1.36. The van der Waals surface area contributed by atoms with Crippen LogP contribution in [0.2, 0.25) is 0 Å². The van der Waals surface area contributed by atoms with E-state index in [1.165, 1.54) is 24.9 Å². The Morgan fingerprint density at radius 3 is 2.67 bits per heavy atom. The van der Waals surface area contributed by atoms with Gasteiger partial charge in [-0.15, -0.1) is 11.3 Å². The van der Waals surface area contributed by atoms with Crippen LogP contribution in [0.4, 0.5) is 5.00 Å². The van der Waals surface area contributed by atoms with Crippen LogP contribution in [-0.2, 0) is 9.53 Å². The smallest absolute Gasteiger partial charge is 0.341 e. The quantitative estimate of drug-likeness (QED) is 0.840. The molecule has 2 saturated heterocycles. The highest BCUT2D eigenvalue weighted by atomic mass is 32.1. The van der Waals surface area contributed by atoms with E-state index < -0.39 is 5.97 Å². The molecule has 1 amide bonds. The van der Waals surface area contributed by atoms with Crippen molar-refractivity contribution < 1.29 is 14.3 Å². The van der Waals surface area contributed by atoms with Crippen molar-refractivity contribution in [2.75, 3.05) is 12.4 Å². The van der Waals surface area contributed by atoms with E-state index in [0.29, 0.717) is 22.6 Å². The first-order valence-electron chi connectivity index (χ1n) is 7.26. The van der Waals surface area contributed by atoms with Crippen LogP contribution in [0, 0.1) is 19.8 Å². The number of hydrogen-bond donors (Lipinski definition) is 2. The fourth-order valence-electron chi connectivity index (χ4n) is 3.38. The Bertz CT molecular complexity index is 596. The molecule has 1 aromatic heterocycles. The number of esters is 1. The molecule has 21 heavy (non-hydrogen) atoms. The summed E-state index contributed by atoms with van der Waals surface area (Å²) in [6, 6.07) is 0.774. The van der Waals surface area contributed by atoms with Crippen molar-refractivity contribution in [2.24, 2.45) is 5.92 Å². The van der Waals surface area contributed by atoms with Gasteiger partial charge in [0.05, 0.1) is 18.6 Å². The number of fused-ring (bicyclic) bond motifs is 2. The number of ether oxygens (including phenoxy) is 1. The molecule has 1 aromatic rings. The molecule has 114 valence electrons. The van der Waals surface area contributed by atoms with Crippen molar-refractivity contribution in [3.63, 3.8) is 0 Å². The van der Waals surface area contributed by atoms with Crippen LogP contribution < -0.4 is 10.6 Å². The molecule has 2 aliphatic rings. The van der Waals surface area contributed by atoms with Gasteiger partial charge in [-0.2, -0.15) is 0 Å². The summed E-state index contributed by atoms with van der Waals surface area (Å²) in [6.07, 6.45) is 3.13. The van der Waals surface area contributed by atoms with Crippen molar-refractivity contribution in [1.82, 2.24) is 5.32 Å². The Labute approximate surface area is 128 Å². The highest BCUT2D eigenvalue weighted by molar-refractivity contribution is 7.16. The van der Waals surface area contributed by atoms with E-state index in [-0.39, 0.29) is 11.8 Å². The van der Waals surface area contributed by atoms with Gasteiger partial charge in [0.15, 0.2) is 0 Å². The topological polar surface area (TPSA) is 67.4 Å². The first-order valence-corrected chi connectivity index (χ1v) is 8.08. The molecule has 2 N–H and O–H groups in total. The number of aryl methyl sites for hydroxylation is 1. The molecular formula is C15H20N2O3S. The first kappa shape index (κ1) is 14.5. The predicted octanol–water partition coefficient (Wildman–Crippen LogP) is 2.23. The number of methoxy groups -OCH3 is 1. The molecule has 3 rings (SSSR count). The van der Waals surface area contributed by atoms with Gasteiger partial charge in [-0.3, -0.25) is 4.79 Å². The molecule has 3 unspecified atom stereocenters. The van der Waals surface area contributed by atoms with Crippen molar-refractivity contribution >= 4 is 28.2 Å². The molecule has 3 atom stereocenters. The fourth-order valence-corrected chi connectivity index (χ4v) is 4.43. The van der Waals surface area contributed by atoms with Crippen molar-refractivity contribution in [1.29, 1.82) is 0 Å². The molecule has 2 aliphatic heterocycles. The molecule has 5 nitrogen and oxygen atoms in total. The zero-order valence-corrected chi connectivity index (χ0v) is 13.3. The summed E-state index contributed by atoms with van der Waals surface area (Å²) in [5, 5.41) is 7.03. The lowest BCUT2D eigenvalue weighted by Gasteiger charge is -2.19. The van der Waals surface area contributed by atoms with Crippen LogP contribution in [0.3, 0.4) is 0 Å². The zero-order valence-electron chi connectivity index (χ0n) is 12.5. The maximum atomic E-state index is 12.5. The summed E-state index contributed by atoms with van der Waals surface area (Å²) >= 11 is 1.44. The largest absolute Gasteiger partial charge is 0.465 e. The number of carbonyl (C=O) groups is 2. The van der Waals surface area contributed by atoms with E-state index in [2.05, 4.69) is 10.6 Å². The minimum atomic E-state index is -0.391. The zero-order chi connectivity index (χ0) is 15.1. The second-order valence-electron chi connectivity index (χ2n) is 5.86. The molecule has 2 fully saturated rings. The molecule has 0 radical (unpaired) electrons. The van der Waals surface area contributed by atoms with E-state index in [1.54, 1.807) is 0 Å². The van der Waals surface area contributed by atoms with E-state index >= 15 is 0 Å². The molecular weight excluding hydrogens is 288 g/mol. The second-order valence-corrected chi connectivity index (χ2v) is 7.08. The summed E-state index contributed by atoms with van der Waals surface area (Å²) in [6.45, 7) is 3.83. The van der Waals surface area contributed by atoms with E-state index in [1.807, 2.05) is 13.8 Å². The highest BCUT2D eigenvalue weighted by Crippen LogP contribution is 2.37. The summed E-state index contributed by atoms with van der Waals surface area (Å²) in [4.78, 5) is 25.4. The number of thiophene rings is 1. The average molecular weight is 308 g/mol. The third kappa shape index (κ3) is 2.46. The molecule has 0 aliphatic carbocycles. The van der Waals surface area contributed by atoms with Gasteiger partial charge in [-0.1, -0.05) is 0 Å². The minimum Gasteiger partial charge on any atom is -0.465 e. The number of hydrogen-bond acceptors (Lipinski definition) is 5. The van der Waals surface area contributed by atoms with E-state index in [4.69, 9.17) is 4.74 Å². The van der Waals surface area contributed by atoms with Crippen LogP contribution in [0.15, 0.2) is 0 Å². The van der Waals surface area contributed by atoms with Crippen molar-refractivity contribution in [3.8, 4) is 0 Å². The molecule has 0 saturated carbocycles. The first-order chi connectivity index (χ1) is 10.0. The predicted molar refractivity (Wildman–Crippen MR) is 81.8 cm³/mol. The Morgan fingerprint density at radius 1 is 1.33 bits per heavy atom.